The lowest BCUT2D eigenvalue weighted by Crippen LogP contribution is -2.09. The molecule has 0 fully saturated rings. The summed E-state index contributed by atoms with van der Waals surface area (Å²) in [4.78, 5) is 11.8. The third-order valence-corrected chi connectivity index (χ3v) is 4.00. The van der Waals surface area contributed by atoms with E-state index < -0.39 is 0 Å². The smallest absolute Gasteiger partial charge is 0.160 e. The molecule has 3 rings (SSSR count). The number of Topliss-reactive ketones (excluding diaryl/α,β-unsaturated/α-hetero) is 1. The summed E-state index contributed by atoms with van der Waals surface area (Å²) in [6.07, 6.45) is 2.67. The Balaban J connectivity index is 2.20. The summed E-state index contributed by atoms with van der Waals surface area (Å²) in [5, 5.41) is 0. The first kappa shape index (κ1) is 13.6. The normalized spacial score (nSPS) is 12.1. The van der Waals surface area contributed by atoms with Gasteiger partial charge in [0.25, 0.3) is 0 Å². The zero-order valence-electron chi connectivity index (χ0n) is 12.4. The maximum Gasteiger partial charge on any atom is 0.160 e. The van der Waals surface area contributed by atoms with Crippen molar-refractivity contribution < 1.29 is 9.53 Å². The van der Waals surface area contributed by atoms with Crippen LogP contribution in [0, 0.1) is 0 Å². The second-order valence-corrected chi connectivity index (χ2v) is 5.32. The van der Waals surface area contributed by atoms with E-state index in [-0.39, 0.29) is 5.78 Å². The van der Waals surface area contributed by atoms with Gasteiger partial charge in [-0.3, -0.25) is 4.79 Å². The van der Waals surface area contributed by atoms with E-state index >= 15 is 0 Å². The van der Waals surface area contributed by atoms with Gasteiger partial charge in [-0.15, -0.1) is 0 Å². The average molecular weight is 278 g/mol. The fraction of sp³-hybridized carbons (Fsp3) is 0.211. The van der Waals surface area contributed by atoms with E-state index in [4.69, 9.17) is 4.74 Å². The predicted octanol–water partition coefficient (Wildman–Crippen LogP) is 4.65. The standard InChI is InChI=1S/C19H18O2/c1-4-13-6-7-16-15(8-13)11-21-19-10-17(12(3)20)14(5-2)9-18(16)19/h4,6-10H,1,5,11H2,2-3H3. The fourth-order valence-corrected chi connectivity index (χ4v) is 2.85. The highest BCUT2D eigenvalue weighted by Crippen LogP contribution is 2.40. The minimum atomic E-state index is 0.0889. The average Bonchev–Trinajstić information content (AvgIpc) is 2.52. The highest BCUT2D eigenvalue weighted by molar-refractivity contribution is 5.97. The first-order chi connectivity index (χ1) is 10.1. The topological polar surface area (TPSA) is 26.3 Å². The lowest BCUT2D eigenvalue weighted by Gasteiger charge is -2.23. The van der Waals surface area contributed by atoms with Crippen LogP contribution in [0.5, 0.6) is 5.75 Å². The number of rotatable bonds is 3. The molecule has 0 saturated carbocycles. The lowest BCUT2D eigenvalue weighted by atomic mass is 9.90. The molecular formula is C19H18O2. The summed E-state index contributed by atoms with van der Waals surface area (Å²) < 4.78 is 5.85. The second-order valence-electron chi connectivity index (χ2n) is 5.32. The van der Waals surface area contributed by atoms with Crippen molar-refractivity contribution in [3.63, 3.8) is 0 Å². The van der Waals surface area contributed by atoms with Crippen LogP contribution >= 0.6 is 0 Å². The van der Waals surface area contributed by atoms with Crippen molar-refractivity contribution in [1.82, 2.24) is 0 Å². The summed E-state index contributed by atoms with van der Waals surface area (Å²) in [6, 6.07) is 10.3. The number of ether oxygens (including phenoxy) is 1. The number of fused-ring (bicyclic) bond motifs is 3. The molecule has 0 radical (unpaired) electrons. The molecule has 2 aromatic carbocycles. The molecule has 0 unspecified atom stereocenters. The minimum Gasteiger partial charge on any atom is -0.488 e. The van der Waals surface area contributed by atoms with Crippen LogP contribution in [0.2, 0.25) is 0 Å². The van der Waals surface area contributed by atoms with Gasteiger partial charge < -0.3 is 4.74 Å². The molecular weight excluding hydrogens is 260 g/mol. The van der Waals surface area contributed by atoms with Crippen molar-refractivity contribution in [2.24, 2.45) is 0 Å². The molecule has 106 valence electrons. The Morgan fingerprint density at radius 3 is 2.76 bits per heavy atom. The van der Waals surface area contributed by atoms with Crippen LogP contribution in [-0.4, -0.2) is 5.78 Å². The van der Waals surface area contributed by atoms with Gasteiger partial charge in [-0.05, 0) is 53.8 Å². The van der Waals surface area contributed by atoms with E-state index in [2.05, 4.69) is 37.8 Å². The van der Waals surface area contributed by atoms with Gasteiger partial charge in [-0.2, -0.15) is 0 Å². The van der Waals surface area contributed by atoms with Crippen LogP contribution < -0.4 is 4.74 Å². The number of carbonyl (C=O) groups excluding carboxylic acids is 1. The predicted molar refractivity (Wildman–Crippen MR) is 85.7 cm³/mol. The molecule has 2 aromatic rings. The van der Waals surface area contributed by atoms with Crippen molar-refractivity contribution in [1.29, 1.82) is 0 Å². The van der Waals surface area contributed by atoms with Crippen molar-refractivity contribution in [2.45, 2.75) is 26.9 Å². The first-order valence-corrected chi connectivity index (χ1v) is 7.20. The van der Waals surface area contributed by atoms with Gasteiger partial charge in [0.05, 0.1) is 0 Å². The number of ketones is 1. The summed E-state index contributed by atoms with van der Waals surface area (Å²) in [7, 11) is 0. The van der Waals surface area contributed by atoms with Crippen molar-refractivity contribution in [3.8, 4) is 16.9 Å². The van der Waals surface area contributed by atoms with Crippen LogP contribution in [-0.2, 0) is 13.0 Å². The highest BCUT2D eigenvalue weighted by Gasteiger charge is 2.20. The molecule has 0 aromatic heterocycles. The first-order valence-electron chi connectivity index (χ1n) is 7.20. The molecule has 0 aliphatic carbocycles. The molecule has 0 amide bonds. The van der Waals surface area contributed by atoms with E-state index in [0.717, 1.165) is 40.0 Å². The molecule has 1 aliphatic heterocycles. The van der Waals surface area contributed by atoms with Crippen LogP contribution in [0.1, 0.15) is 40.9 Å². The zero-order chi connectivity index (χ0) is 15.0. The molecule has 0 bridgehead atoms. The Morgan fingerprint density at radius 2 is 2.10 bits per heavy atom. The molecule has 0 N–H and O–H groups in total. The van der Waals surface area contributed by atoms with Crippen LogP contribution in [0.4, 0.5) is 0 Å². The maximum atomic E-state index is 11.8. The highest BCUT2D eigenvalue weighted by atomic mass is 16.5. The van der Waals surface area contributed by atoms with Crippen molar-refractivity contribution in [2.75, 3.05) is 0 Å². The van der Waals surface area contributed by atoms with E-state index in [1.165, 1.54) is 5.56 Å². The third kappa shape index (κ3) is 2.27. The monoisotopic (exact) mass is 278 g/mol. The third-order valence-electron chi connectivity index (χ3n) is 4.00. The molecule has 0 saturated heterocycles. The van der Waals surface area contributed by atoms with E-state index in [1.54, 1.807) is 6.92 Å². The van der Waals surface area contributed by atoms with E-state index in [9.17, 15) is 4.79 Å². The SMILES string of the molecule is C=Cc1ccc2c(c1)COc1cc(C(C)=O)c(CC)cc1-2. The summed E-state index contributed by atoms with van der Waals surface area (Å²) in [5.74, 6) is 0.891. The van der Waals surface area contributed by atoms with Crippen LogP contribution in [0.25, 0.3) is 17.2 Å². The van der Waals surface area contributed by atoms with Crippen molar-refractivity contribution in [3.05, 3.63) is 59.2 Å². The Bertz CT molecular complexity index is 741. The van der Waals surface area contributed by atoms with Crippen LogP contribution in [0.3, 0.4) is 0 Å². The number of hydrogen-bond donors (Lipinski definition) is 0. The molecule has 21 heavy (non-hydrogen) atoms. The van der Waals surface area contributed by atoms with Gasteiger partial charge in [0.2, 0.25) is 0 Å². The minimum absolute atomic E-state index is 0.0889. The molecule has 1 aliphatic rings. The van der Waals surface area contributed by atoms with Gasteiger partial charge in [0.15, 0.2) is 5.78 Å². The zero-order valence-corrected chi connectivity index (χ0v) is 12.4. The Hall–Kier alpha value is -2.35. The van der Waals surface area contributed by atoms with Gasteiger partial charge in [0.1, 0.15) is 12.4 Å². The summed E-state index contributed by atoms with van der Waals surface area (Å²) in [5.41, 5.74) is 6.36. The second kappa shape index (κ2) is 5.21. The lowest BCUT2D eigenvalue weighted by molar-refractivity contribution is 0.101. The number of aryl methyl sites for hydroxylation is 1. The van der Waals surface area contributed by atoms with Gasteiger partial charge >= 0.3 is 0 Å². The number of carbonyl (C=O) groups is 1. The molecule has 2 nitrogen and oxygen atoms in total. The number of benzene rings is 2. The van der Waals surface area contributed by atoms with Crippen LogP contribution in [0.15, 0.2) is 36.9 Å². The molecule has 0 atom stereocenters. The van der Waals surface area contributed by atoms with Gasteiger partial charge in [-0.1, -0.05) is 31.7 Å². The summed E-state index contributed by atoms with van der Waals surface area (Å²) in [6.45, 7) is 8.01. The Morgan fingerprint density at radius 1 is 1.29 bits per heavy atom. The van der Waals surface area contributed by atoms with Gasteiger partial charge in [0, 0.05) is 11.1 Å². The maximum absolute atomic E-state index is 11.8. The van der Waals surface area contributed by atoms with E-state index in [0.29, 0.717) is 6.61 Å². The molecule has 2 heteroatoms. The van der Waals surface area contributed by atoms with Crippen molar-refractivity contribution >= 4 is 11.9 Å². The Kier molecular flexibility index (Phi) is 3.38. The van der Waals surface area contributed by atoms with E-state index in [1.807, 2.05) is 12.1 Å². The number of hydrogen-bond acceptors (Lipinski definition) is 2. The van der Waals surface area contributed by atoms with Gasteiger partial charge in [-0.25, -0.2) is 0 Å². The quantitative estimate of drug-likeness (QED) is 0.764. The fourth-order valence-electron chi connectivity index (χ4n) is 2.85. The molecule has 1 heterocycles. The Labute approximate surface area is 125 Å². The molecule has 0 spiro atoms. The largest absolute Gasteiger partial charge is 0.488 e. The summed E-state index contributed by atoms with van der Waals surface area (Å²) >= 11 is 0.